The average Bonchev–Trinajstić information content (AvgIpc) is 2.75. The number of halogens is 2. The van der Waals surface area contributed by atoms with Crippen molar-refractivity contribution in [3.63, 3.8) is 0 Å². The van der Waals surface area contributed by atoms with Gasteiger partial charge in [0, 0.05) is 24.5 Å². The summed E-state index contributed by atoms with van der Waals surface area (Å²) in [4.78, 5) is 12.1. The number of aryl methyl sites for hydroxylation is 1. The quantitative estimate of drug-likeness (QED) is 0.903. The summed E-state index contributed by atoms with van der Waals surface area (Å²) in [6.45, 7) is 2.63. The van der Waals surface area contributed by atoms with E-state index in [-0.39, 0.29) is 5.69 Å². The minimum Gasteiger partial charge on any atom is -0.397 e. The van der Waals surface area contributed by atoms with E-state index in [1.807, 2.05) is 6.92 Å². The number of aromatic nitrogens is 1. The standard InChI is InChI=1S/C14H15F2N3O/c1-2-5-19-8-9(17)6-13(19)14(20)18-10-3-4-11(15)12(16)7-10/h3-4,6-8H,2,5,17H2,1H3,(H,18,20). The number of benzene rings is 1. The number of amides is 1. The molecular weight excluding hydrogens is 264 g/mol. The van der Waals surface area contributed by atoms with Gasteiger partial charge in [0.05, 0.1) is 5.69 Å². The van der Waals surface area contributed by atoms with Crippen LogP contribution in [-0.2, 0) is 6.54 Å². The lowest BCUT2D eigenvalue weighted by molar-refractivity contribution is 0.101. The molecule has 3 N–H and O–H groups in total. The Morgan fingerprint density at radius 1 is 1.30 bits per heavy atom. The van der Waals surface area contributed by atoms with Crippen LogP contribution < -0.4 is 11.1 Å². The molecule has 0 saturated heterocycles. The van der Waals surface area contributed by atoms with E-state index in [1.165, 1.54) is 6.07 Å². The first-order valence-corrected chi connectivity index (χ1v) is 6.23. The molecular formula is C14H15F2N3O. The fraction of sp³-hybridized carbons (Fsp3) is 0.214. The van der Waals surface area contributed by atoms with Gasteiger partial charge in [-0.1, -0.05) is 6.92 Å². The lowest BCUT2D eigenvalue weighted by atomic mass is 10.3. The zero-order valence-corrected chi connectivity index (χ0v) is 11.0. The topological polar surface area (TPSA) is 60.0 Å². The van der Waals surface area contributed by atoms with Crippen LogP contribution in [0.2, 0.25) is 0 Å². The van der Waals surface area contributed by atoms with Crippen molar-refractivity contribution in [2.24, 2.45) is 0 Å². The Labute approximate surface area is 115 Å². The van der Waals surface area contributed by atoms with Gasteiger partial charge in [-0.15, -0.1) is 0 Å². The molecule has 1 heterocycles. The van der Waals surface area contributed by atoms with Crippen LogP contribution in [0.15, 0.2) is 30.5 Å². The zero-order valence-electron chi connectivity index (χ0n) is 11.0. The van der Waals surface area contributed by atoms with Crippen molar-refractivity contribution in [3.05, 3.63) is 47.8 Å². The van der Waals surface area contributed by atoms with Crippen molar-refractivity contribution in [1.82, 2.24) is 4.57 Å². The number of nitrogen functional groups attached to an aromatic ring is 1. The second-order valence-corrected chi connectivity index (χ2v) is 4.44. The fourth-order valence-corrected chi connectivity index (χ4v) is 1.92. The number of anilines is 2. The SMILES string of the molecule is CCCn1cc(N)cc1C(=O)Nc1ccc(F)c(F)c1. The Balaban J connectivity index is 2.21. The Morgan fingerprint density at radius 2 is 2.05 bits per heavy atom. The molecule has 4 nitrogen and oxygen atoms in total. The van der Waals surface area contributed by atoms with Crippen molar-refractivity contribution in [2.45, 2.75) is 19.9 Å². The summed E-state index contributed by atoms with van der Waals surface area (Å²) in [5.41, 5.74) is 6.73. The first-order chi connectivity index (χ1) is 9.51. The van der Waals surface area contributed by atoms with Crippen LogP contribution in [0.4, 0.5) is 20.2 Å². The van der Waals surface area contributed by atoms with Crippen molar-refractivity contribution in [3.8, 4) is 0 Å². The zero-order chi connectivity index (χ0) is 14.7. The summed E-state index contributed by atoms with van der Waals surface area (Å²) in [6.07, 6.45) is 2.52. The number of carbonyl (C=O) groups excluding carboxylic acids is 1. The predicted octanol–water partition coefficient (Wildman–Crippen LogP) is 3.01. The van der Waals surface area contributed by atoms with Crippen molar-refractivity contribution in [1.29, 1.82) is 0 Å². The van der Waals surface area contributed by atoms with E-state index in [9.17, 15) is 13.6 Å². The van der Waals surface area contributed by atoms with Crippen LogP contribution in [0.5, 0.6) is 0 Å². The lowest BCUT2D eigenvalue weighted by Crippen LogP contribution is -2.17. The van der Waals surface area contributed by atoms with Gasteiger partial charge in [-0.25, -0.2) is 8.78 Å². The third kappa shape index (κ3) is 2.96. The van der Waals surface area contributed by atoms with Gasteiger partial charge < -0.3 is 15.6 Å². The number of nitrogens with two attached hydrogens (primary N) is 1. The Hall–Kier alpha value is -2.37. The molecule has 6 heteroatoms. The van der Waals surface area contributed by atoms with Crippen LogP contribution in [0.25, 0.3) is 0 Å². The van der Waals surface area contributed by atoms with Crippen molar-refractivity contribution < 1.29 is 13.6 Å². The molecule has 0 aliphatic carbocycles. The number of rotatable bonds is 4. The third-order valence-corrected chi connectivity index (χ3v) is 2.79. The molecule has 2 aromatic rings. The Morgan fingerprint density at radius 3 is 2.70 bits per heavy atom. The molecule has 1 amide bonds. The molecule has 0 spiro atoms. The van der Waals surface area contributed by atoms with Crippen LogP contribution in [0.1, 0.15) is 23.8 Å². The lowest BCUT2D eigenvalue weighted by Gasteiger charge is -2.08. The molecule has 0 radical (unpaired) electrons. The smallest absolute Gasteiger partial charge is 0.272 e. The minimum atomic E-state index is -1.01. The number of nitrogens with zero attached hydrogens (tertiary/aromatic N) is 1. The molecule has 0 unspecified atom stereocenters. The van der Waals surface area contributed by atoms with Crippen LogP contribution in [0.3, 0.4) is 0 Å². The van der Waals surface area contributed by atoms with Gasteiger partial charge in [-0.2, -0.15) is 0 Å². The second-order valence-electron chi connectivity index (χ2n) is 4.44. The number of hydrogen-bond acceptors (Lipinski definition) is 2. The summed E-state index contributed by atoms with van der Waals surface area (Å²) in [5.74, 6) is -2.38. The molecule has 0 fully saturated rings. The highest BCUT2D eigenvalue weighted by atomic mass is 19.2. The normalized spacial score (nSPS) is 10.6. The highest BCUT2D eigenvalue weighted by molar-refractivity contribution is 6.03. The first kappa shape index (κ1) is 14.0. The second kappa shape index (κ2) is 5.73. The summed E-state index contributed by atoms with van der Waals surface area (Å²) in [5, 5.41) is 2.52. The Bertz CT molecular complexity index is 637. The van der Waals surface area contributed by atoms with Crippen LogP contribution in [-0.4, -0.2) is 10.5 Å². The van der Waals surface area contributed by atoms with E-state index < -0.39 is 17.5 Å². The largest absolute Gasteiger partial charge is 0.397 e. The van der Waals surface area contributed by atoms with E-state index >= 15 is 0 Å². The highest BCUT2D eigenvalue weighted by Gasteiger charge is 2.13. The number of nitrogens with one attached hydrogen (secondary N) is 1. The summed E-state index contributed by atoms with van der Waals surface area (Å²) >= 11 is 0. The van der Waals surface area contributed by atoms with E-state index in [4.69, 9.17) is 5.73 Å². The van der Waals surface area contributed by atoms with E-state index in [0.717, 1.165) is 18.6 Å². The highest BCUT2D eigenvalue weighted by Crippen LogP contribution is 2.16. The van der Waals surface area contributed by atoms with E-state index in [2.05, 4.69) is 5.32 Å². The maximum Gasteiger partial charge on any atom is 0.272 e. The molecule has 1 aromatic heterocycles. The molecule has 20 heavy (non-hydrogen) atoms. The van der Waals surface area contributed by atoms with Gasteiger partial charge in [0.15, 0.2) is 11.6 Å². The molecule has 0 atom stereocenters. The number of hydrogen-bond donors (Lipinski definition) is 2. The fourth-order valence-electron chi connectivity index (χ4n) is 1.92. The van der Waals surface area contributed by atoms with Crippen LogP contribution >= 0.6 is 0 Å². The van der Waals surface area contributed by atoms with Crippen LogP contribution in [0, 0.1) is 11.6 Å². The molecule has 0 saturated carbocycles. The summed E-state index contributed by atoms with van der Waals surface area (Å²) in [7, 11) is 0. The van der Waals surface area contributed by atoms with E-state index in [1.54, 1.807) is 16.8 Å². The van der Waals surface area contributed by atoms with Gasteiger partial charge in [0.2, 0.25) is 0 Å². The van der Waals surface area contributed by atoms with Crippen molar-refractivity contribution >= 4 is 17.3 Å². The average molecular weight is 279 g/mol. The molecule has 0 aliphatic rings. The van der Waals surface area contributed by atoms with Gasteiger partial charge >= 0.3 is 0 Å². The Kier molecular flexibility index (Phi) is 4.02. The van der Waals surface area contributed by atoms with Crippen molar-refractivity contribution in [2.75, 3.05) is 11.1 Å². The maximum atomic E-state index is 13.1. The van der Waals surface area contributed by atoms with Gasteiger partial charge in [-0.05, 0) is 24.6 Å². The maximum absolute atomic E-state index is 13.1. The first-order valence-electron chi connectivity index (χ1n) is 6.23. The van der Waals surface area contributed by atoms with Gasteiger partial charge in [0.1, 0.15) is 5.69 Å². The summed E-state index contributed by atoms with van der Waals surface area (Å²) in [6, 6.07) is 4.74. The molecule has 0 aliphatic heterocycles. The monoisotopic (exact) mass is 279 g/mol. The molecule has 106 valence electrons. The van der Waals surface area contributed by atoms with E-state index in [0.29, 0.717) is 17.9 Å². The minimum absolute atomic E-state index is 0.191. The molecule has 0 bridgehead atoms. The molecule has 1 aromatic carbocycles. The third-order valence-electron chi connectivity index (χ3n) is 2.79. The predicted molar refractivity (Wildman–Crippen MR) is 73.4 cm³/mol. The van der Waals surface area contributed by atoms with Gasteiger partial charge in [-0.3, -0.25) is 4.79 Å². The summed E-state index contributed by atoms with van der Waals surface area (Å²) < 4.78 is 27.6. The van der Waals surface area contributed by atoms with Gasteiger partial charge in [0.25, 0.3) is 5.91 Å². The number of carbonyl (C=O) groups is 1. The molecule has 2 rings (SSSR count).